The van der Waals surface area contributed by atoms with E-state index in [0.717, 1.165) is 6.07 Å². The maximum atomic E-state index is 12.6. The Bertz CT molecular complexity index is 387. The molecule has 0 spiro atoms. The van der Waals surface area contributed by atoms with Crippen molar-refractivity contribution in [1.29, 1.82) is 0 Å². The molecule has 1 aromatic rings. The van der Waals surface area contributed by atoms with Crippen LogP contribution in [0.3, 0.4) is 0 Å². The van der Waals surface area contributed by atoms with E-state index in [9.17, 15) is 14.0 Å². The lowest BCUT2D eigenvalue weighted by atomic mass is 10.1. The van der Waals surface area contributed by atoms with Crippen LogP contribution in [0.2, 0.25) is 0 Å². The fourth-order valence-electron chi connectivity index (χ4n) is 1.11. The highest BCUT2D eigenvalue weighted by Crippen LogP contribution is 2.22. The van der Waals surface area contributed by atoms with Crippen LogP contribution in [-0.4, -0.2) is 11.7 Å². The van der Waals surface area contributed by atoms with Gasteiger partial charge in [-0.1, -0.05) is 7.43 Å². The zero-order valence-electron chi connectivity index (χ0n) is 5.93. The van der Waals surface area contributed by atoms with Gasteiger partial charge in [-0.15, -0.1) is 0 Å². The van der Waals surface area contributed by atoms with Crippen molar-refractivity contribution in [2.75, 3.05) is 5.32 Å². The summed E-state index contributed by atoms with van der Waals surface area (Å²) in [7, 11) is 0. The van der Waals surface area contributed by atoms with E-state index >= 15 is 0 Å². The first-order valence-corrected chi connectivity index (χ1v) is 3.34. The second-order valence-corrected chi connectivity index (χ2v) is 2.47. The molecule has 1 aliphatic rings. The molecule has 0 bridgehead atoms. The maximum Gasteiger partial charge on any atom is 0.296 e. The number of hydrogen-bond acceptors (Lipinski definition) is 2. The molecule has 0 aliphatic carbocycles. The third kappa shape index (κ3) is 1.30. The summed E-state index contributed by atoms with van der Waals surface area (Å²) >= 11 is 0. The van der Waals surface area contributed by atoms with Crippen LogP contribution in [0, 0.1) is 5.82 Å². The van der Waals surface area contributed by atoms with Gasteiger partial charge >= 0.3 is 0 Å². The quantitative estimate of drug-likeness (QED) is 0.618. The number of fused-ring (bicyclic) bond motifs is 1. The highest BCUT2D eigenvalue weighted by atomic mass is 19.1. The molecule has 13 heavy (non-hydrogen) atoms. The Balaban J connectivity index is 0.000000845. The van der Waals surface area contributed by atoms with Crippen LogP contribution in [0.5, 0.6) is 0 Å². The molecule has 1 N–H and O–H groups in total. The fourth-order valence-corrected chi connectivity index (χ4v) is 1.11. The van der Waals surface area contributed by atoms with Crippen LogP contribution in [0.4, 0.5) is 10.1 Å². The van der Waals surface area contributed by atoms with Crippen LogP contribution in [0.25, 0.3) is 0 Å². The average molecular weight is 181 g/mol. The van der Waals surface area contributed by atoms with E-state index in [4.69, 9.17) is 0 Å². The summed E-state index contributed by atoms with van der Waals surface area (Å²) in [5.41, 5.74) is 0.492. The number of benzene rings is 1. The number of amides is 1. The molecule has 1 amide bonds. The molecule has 0 atom stereocenters. The first-order valence-electron chi connectivity index (χ1n) is 3.34. The number of rotatable bonds is 0. The molecule has 1 aliphatic heterocycles. The maximum absolute atomic E-state index is 12.6. The third-order valence-electron chi connectivity index (χ3n) is 1.68. The first-order chi connectivity index (χ1) is 5.68. The van der Waals surface area contributed by atoms with Crippen molar-refractivity contribution in [3.63, 3.8) is 0 Å². The normalized spacial score (nSPS) is 13.3. The van der Waals surface area contributed by atoms with E-state index in [1.54, 1.807) is 0 Å². The molecule has 0 saturated carbocycles. The van der Waals surface area contributed by atoms with Gasteiger partial charge in [0, 0.05) is 0 Å². The monoisotopic (exact) mass is 181 g/mol. The van der Waals surface area contributed by atoms with E-state index in [0.29, 0.717) is 5.69 Å². The first kappa shape index (κ1) is 9.38. The van der Waals surface area contributed by atoms with E-state index in [1.807, 2.05) is 0 Å². The summed E-state index contributed by atoms with van der Waals surface area (Å²) in [6.07, 6.45) is 0. The SMILES string of the molecule is C.O=C1Nc2ccc(F)cc2C1=O. The van der Waals surface area contributed by atoms with Crippen molar-refractivity contribution in [2.45, 2.75) is 7.43 Å². The van der Waals surface area contributed by atoms with Crippen molar-refractivity contribution in [1.82, 2.24) is 0 Å². The summed E-state index contributed by atoms with van der Waals surface area (Å²) < 4.78 is 12.6. The van der Waals surface area contributed by atoms with Gasteiger partial charge in [-0.25, -0.2) is 4.39 Å². The molecule has 1 heterocycles. The van der Waals surface area contributed by atoms with Crippen LogP contribution in [0.1, 0.15) is 17.8 Å². The van der Waals surface area contributed by atoms with E-state index in [2.05, 4.69) is 5.32 Å². The molecule has 0 radical (unpaired) electrons. The van der Waals surface area contributed by atoms with Crippen LogP contribution in [-0.2, 0) is 4.79 Å². The third-order valence-corrected chi connectivity index (χ3v) is 1.68. The van der Waals surface area contributed by atoms with Gasteiger partial charge in [0.2, 0.25) is 0 Å². The lowest BCUT2D eigenvalue weighted by Crippen LogP contribution is -2.12. The molecule has 2 rings (SSSR count). The van der Waals surface area contributed by atoms with Gasteiger partial charge in [-0.3, -0.25) is 9.59 Å². The summed E-state index contributed by atoms with van der Waals surface area (Å²) in [4.78, 5) is 21.7. The van der Waals surface area contributed by atoms with Gasteiger partial charge in [-0.2, -0.15) is 0 Å². The predicted molar refractivity (Wildman–Crippen MR) is 46.1 cm³/mol. The smallest absolute Gasteiger partial charge is 0.296 e. The molecule has 0 saturated heterocycles. The van der Waals surface area contributed by atoms with E-state index < -0.39 is 17.5 Å². The van der Waals surface area contributed by atoms with Crippen molar-refractivity contribution < 1.29 is 14.0 Å². The highest BCUT2D eigenvalue weighted by Gasteiger charge is 2.27. The zero-order chi connectivity index (χ0) is 8.72. The number of ketones is 1. The number of halogens is 1. The Hall–Kier alpha value is -1.71. The largest absolute Gasteiger partial charge is 0.318 e. The molecule has 0 fully saturated rings. The van der Waals surface area contributed by atoms with Crippen LogP contribution < -0.4 is 5.32 Å². The van der Waals surface area contributed by atoms with Crippen LogP contribution in [0.15, 0.2) is 18.2 Å². The van der Waals surface area contributed by atoms with Gasteiger partial charge in [0.05, 0.1) is 11.3 Å². The van der Waals surface area contributed by atoms with Crippen molar-refractivity contribution in [2.24, 2.45) is 0 Å². The average Bonchev–Trinajstić information content (AvgIpc) is 2.31. The standard InChI is InChI=1S/C8H4FNO2.CH4/c9-4-1-2-6-5(3-4)7(11)8(12)10-6;/h1-3H,(H,10,11,12);1H4. The Morgan fingerprint density at radius 1 is 1.23 bits per heavy atom. The topological polar surface area (TPSA) is 46.2 Å². The summed E-state index contributed by atoms with van der Waals surface area (Å²) in [5.74, 6) is -1.89. The Labute approximate surface area is 74.6 Å². The highest BCUT2D eigenvalue weighted by molar-refractivity contribution is 6.51. The van der Waals surface area contributed by atoms with Crippen LogP contribution >= 0.6 is 0 Å². The number of Topliss-reactive ketones (excluding diaryl/α,β-unsaturated/α-hetero) is 1. The van der Waals surface area contributed by atoms with Crippen molar-refractivity contribution >= 4 is 17.4 Å². The Morgan fingerprint density at radius 3 is 2.62 bits per heavy atom. The molecule has 4 heteroatoms. The minimum atomic E-state index is -0.699. The number of hydrogen-bond donors (Lipinski definition) is 1. The lowest BCUT2D eigenvalue weighted by molar-refractivity contribution is -0.112. The number of carbonyl (C=O) groups is 2. The van der Waals surface area contributed by atoms with Gasteiger partial charge in [-0.05, 0) is 18.2 Å². The summed E-state index contributed by atoms with van der Waals surface area (Å²) in [6.45, 7) is 0. The molecular weight excluding hydrogens is 173 g/mol. The van der Waals surface area contributed by atoms with Gasteiger partial charge < -0.3 is 5.32 Å². The Morgan fingerprint density at radius 2 is 1.92 bits per heavy atom. The van der Waals surface area contributed by atoms with Gasteiger partial charge in [0.1, 0.15) is 5.82 Å². The fraction of sp³-hybridized carbons (Fsp3) is 0.111. The van der Waals surface area contributed by atoms with Crippen molar-refractivity contribution in [3.05, 3.63) is 29.6 Å². The molecule has 3 nitrogen and oxygen atoms in total. The number of nitrogens with one attached hydrogen (secondary N) is 1. The lowest BCUT2D eigenvalue weighted by Gasteiger charge is -1.94. The minimum Gasteiger partial charge on any atom is -0.318 e. The summed E-state index contributed by atoms with van der Waals surface area (Å²) in [6, 6.07) is 3.61. The molecule has 0 aromatic heterocycles. The number of anilines is 1. The van der Waals surface area contributed by atoms with Gasteiger partial charge in [0.25, 0.3) is 11.7 Å². The molecule has 68 valence electrons. The van der Waals surface area contributed by atoms with E-state index in [1.165, 1.54) is 12.1 Å². The second kappa shape index (κ2) is 2.97. The minimum absolute atomic E-state index is 0. The molecular formula is C9H8FNO2. The molecule has 1 aromatic carbocycles. The van der Waals surface area contributed by atoms with Gasteiger partial charge in [0.15, 0.2) is 0 Å². The van der Waals surface area contributed by atoms with Crippen molar-refractivity contribution in [3.8, 4) is 0 Å². The zero-order valence-corrected chi connectivity index (χ0v) is 5.93. The Kier molecular flexibility index (Phi) is 2.14. The number of carbonyl (C=O) groups excluding carboxylic acids is 2. The predicted octanol–water partition coefficient (Wildman–Crippen LogP) is 1.60. The second-order valence-electron chi connectivity index (χ2n) is 2.47. The summed E-state index contributed by atoms with van der Waals surface area (Å²) in [5, 5.41) is 2.32. The molecule has 0 unspecified atom stereocenters. The van der Waals surface area contributed by atoms with E-state index in [-0.39, 0.29) is 13.0 Å².